The molecular weight excluding hydrogens is 453 g/mol. The van der Waals surface area contributed by atoms with Crippen LogP contribution in [0.25, 0.3) is 32.7 Å². The summed E-state index contributed by atoms with van der Waals surface area (Å²) in [5.74, 6) is -0.332. The van der Waals surface area contributed by atoms with Gasteiger partial charge in [-0.1, -0.05) is 60.7 Å². The van der Waals surface area contributed by atoms with Crippen molar-refractivity contribution in [3.63, 3.8) is 0 Å². The summed E-state index contributed by atoms with van der Waals surface area (Å²) >= 11 is 3.08. The highest BCUT2D eigenvalue weighted by Gasteiger charge is 2.33. The third kappa shape index (κ3) is 3.52. The van der Waals surface area contributed by atoms with E-state index in [1.165, 1.54) is 6.07 Å². The minimum Gasteiger partial charge on any atom is -0.405 e. The summed E-state index contributed by atoms with van der Waals surface area (Å²) in [6.45, 7) is 0. The van der Waals surface area contributed by atoms with Crippen LogP contribution in [0.3, 0.4) is 0 Å². The van der Waals surface area contributed by atoms with Crippen molar-refractivity contribution in [1.29, 1.82) is 0 Å². The Morgan fingerprint density at radius 1 is 0.750 bits per heavy atom. The average Bonchev–Trinajstić information content (AvgIpc) is 2.66. The van der Waals surface area contributed by atoms with Gasteiger partial charge in [0.15, 0.2) is 0 Å². The first-order valence-corrected chi connectivity index (χ1v) is 11.2. The minimum atomic E-state index is -4.85. The van der Waals surface area contributed by atoms with Gasteiger partial charge in [0.25, 0.3) is 0 Å². The third-order valence-corrected chi connectivity index (χ3v) is 6.16. The van der Waals surface area contributed by atoms with E-state index in [0.29, 0.717) is 21.2 Å². The molecule has 4 rings (SSSR count). The maximum Gasteiger partial charge on any atom is 0.573 e. The SMILES string of the molecule is O=S(Br)c1ccc2ccccc2c1-c1c(OC(F)(F)F)ccc2ccccc12. The lowest BCUT2D eigenvalue weighted by atomic mass is 9.93. The largest absolute Gasteiger partial charge is 0.573 e. The van der Waals surface area contributed by atoms with Gasteiger partial charge in [-0.3, -0.25) is 0 Å². The van der Waals surface area contributed by atoms with E-state index >= 15 is 0 Å². The molecule has 0 aliphatic rings. The van der Waals surface area contributed by atoms with Crippen LogP contribution in [0.15, 0.2) is 77.7 Å². The van der Waals surface area contributed by atoms with Gasteiger partial charge in [0.1, 0.15) is 15.0 Å². The molecule has 0 saturated carbocycles. The van der Waals surface area contributed by atoms with Crippen molar-refractivity contribution in [3.05, 3.63) is 72.8 Å². The van der Waals surface area contributed by atoms with Gasteiger partial charge in [-0.2, -0.15) is 0 Å². The van der Waals surface area contributed by atoms with Crippen LogP contribution in [0.2, 0.25) is 0 Å². The second-order valence-corrected chi connectivity index (χ2v) is 8.74. The highest BCUT2D eigenvalue weighted by Crippen LogP contribution is 2.45. The number of ether oxygens (including phenoxy) is 1. The number of alkyl halides is 3. The van der Waals surface area contributed by atoms with Crippen molar-refractivity contribution in [2.45, 2.75) is 11.3 Å². The number of hydrogen-bond donors (Lipinski definition) is 0. The van der Waals surface area contributed by atoms with E-state index in [0.717, 1.165) is 10.8 Å². The van der Waals surface area contributed by atoms with E-state index in [4.69, 9.17) is 0 Å². The Labute approximate surface area is 168 Å². The fourth-order valence-electron chi connectivity index (χ4n) is 3.36. The van der Waals surface area contributed by atoms with Gasteiger partial charge < -0.3 is 4.74 Å². The number of halogens is 4. The van der Waals surface area contributed by atoms with Crippen LogP contribution in [0.5, 0.6) is 5.75 Å². The van der Waals surface area contributed by atoms with Crippen LogP contribution in [0, 0.1) is 0 Å². The summed E-state index contributed by atoms with van der Waals surface area (Å²) in [4.78, 5) is 0.377. The summed E-state index contributed by atoms with van der Waals surface area (Å²) in [5, 5.41) is 2.85. The zero-order valence-corrected chi connectivity index (χ0v) is 16.6. The molecule has 0 radical (unpaired) electrons. The molecule has 0 amide bonds. The van der Waals surface area contributed by atoms with E-state index in [9.17, 15) is 17.4 Å². The lowest BCUT2D eigenvalue weighted by molar-refractivity contribution is -0.274. The van der Waals surface area contributed by atoms with Crippen LogP contribution in [-0.2, 0) is 9.23 Å². The predicted octanol–water partition coefficient (Wildman–Crippen LogP) is 6.98. The fraction of sp³-hybridized carbons (Fsp3) is 0.0476. The number of hydrogen-bond acceptors (Lipinski definition) is 2. The first kappa shape index (κ1) is 19.0. The van der Waals surface area contributed by atoms with Crippen LogP contribution in [-0.4, -0.2) is 10.6 Å². The van der Waals surface area contributed by atoms with Crippen LogP contribution >= 0.6 is 14.8 Å². The molecule has 0 spiro atoms. The lowest BCUT2D eigenvalue weighted by Gasteiger charge is -2.19. The van der Waals surface area contributed by atoms with Crippen LogP contribution < -0.4 is 4.74 Å². The van der Waals surface area contributed by atoms with Crippen molar-refractivity contribution in [3.8, 4) is 16.9 Å². The van der Waals surface area contributed by atoms with Gasteiger partial charge >= 0.3 is 6.36 Å². The van der Waals surface area contributed by atoms with E-state index < -0.39 is 15.6 Å². The molecule has 1 unspecified atom stereocenters. The smallest absolute Gasteiger partial charge is 0.405 e. The first-order valence-electron chi connectivity index (χ1n) is 8.23. The highest BCUT2D eigenvalue weighted by atomic mass is 79.9. The van der Waals surface area contributed by atoms with E-state index in [-0.39, 0.29) is 11.3 Å². The molecule has 0 saturated heterocycles. The van der Waals surface area contributed by atoms with Crippen molar-refractivity contribution in [1.82, 2.24) is 0 Å². The van der Waals surface area contributed by atoms with Crippen molar-refractivity contribution in [2.24, 2.45) is 0 Å². The zero-order valence-electron chi connectivity index (χ0n) is 14.2. The molecule has 4 aromatic rings. The Morgan fingerprint density at radius 3 is 1.86 bits per heavy atom. The highest BCUT2D eigenvalue weighted by molar-refractivity contribution is 9.46. The second-order valence-electron chi connectivity index (χ2n) is 6.09. The van der Waals surface area contributed by atoms with Gasteiger partial charge in [-0.15, -0.1) is 13.2 Å². The molecule has 142 valence electrons. The zero-order chi connectivity index (χ0) is 19.9. The van der Waals surface area contributed by atoms with Gasteiger partial charge in [0.2, 0.25) is 0 Å². The molecule has 4 aromatic carbocycles. The Morgan fingerprint density at radius 2 is 1.29 bits per heavy atom. The second kappa shape index (κ2) is 7.22. The molecule has 0 aliphatic heterocycles. The lowest BCUT2D eigenvalue weighted by Crippen LogP contribution is -2.17. The summed E-state index contributed by atoms with van der Waals surface area (Å²) in [6.07, 6.45) is -4.85. The summed E-state index contributed by atoms with van der Waals surface area (Å²) < 4.78 is 56.1. The molecule has 0 bridgehead atoms. The molecule has 0 fully saturated rings. The minimum absolute atomic E-state index is 0.259. The van der Waals surface area contributed by atoms with Gasteiger partial charge in [0, 0.05) is 25.9 Å². The van der Waals surface area contributed by atoms with E-state index in [1.54, 1.807) is 42.5 Å². The Bertz CT molecular complexity index is 1220. The topological polar surface area (TPSA) is 26.3 Å². The van der Waals surface area contributed by atoms with E-state index in [2.05, 4.69) is 19.5 Å². The first-order chi connectivity index (χ1) is 13.3. The summed E-state index contributed by atoms with van der Waals surface area (Å²) in [7, 11) is -1.60. The molecule has 0 heterocycles. The fourth-order valence-corrected chi connectivity index (χ4v) is 4.72. The third-order valence-electron chi connectivity index (χ3n) is 4.43. The van der Waals surface area contributed by atoms with Crippen molar-refractivity contribution < 1.29 is 22.1 Å². The Kier molecular flexibility index (Phi) is 4.89. The maximum atomic E-state index is 13.1. The van der Waals surface area contributed by atoms with Gasteiger partial charge in [0.05, 0.1) is 4.90 Å². The molecule has 0 N–H and O–H groups in total. The summed E-state index contributed by atoms with van der Waals surface area (Å²) in [6, 6.07) is 20.7. The van der Waals surface area contributed by atoms with Gasteiger partial charge in [-0.25, -0.2) is 4.21 Å². The predicted molar refractivity (Wildman–Crippen MR) is 109 cm³/mol. The molecule has 0 aromatic heterocycles. The van der Waals surface area contributed by atoms with Crippen LogP contribution in [0.4, 0.5) is 13.2 Å². The Balaban J connectivity index is 2.18. The molecule has 7 heteroatoms. The monoisotopic (exact) mass is 464 g/mol. The number of benzene rings is 4. The molecule has 2 nitrogen and oxygen atoms in total. The standard InChI is InChI=1S/C21H12BrF3O2S/c22-28(26)18-12-10-14-6-2-4-8-16(14)20(18)19-15-7-3-1-5-13(15)9-11-17(19)27-21(23,24)25/h1-12H. The quantitative estimate of drug-likeness (QED) is 0.305. The van der Waals surface area contributed by atoms with E-state index in [1.807, 2.05) is 24.3 Å². The van der Waals surface area contributed by atoms with Crippen LogP contribution in [0.1, 0.15) is 0 Å². The normalized spacial score (nSPS) is 13.0. The Hall–Kier alpha value is -2.38. The average molecular weight is 465 g/mol. The molecule has 0 aliphatic carbocycles. The summed E-state index contributed by atoms with van der Waals surface area (Å²) in [5.41, 5.74) is 0.708. The molecule has 28 heavy (non-hydrogen) atoms. The molecular formula is C21H12BrF3O2S. The molecule has 1 atom stereocenters. The maximum absolute atomic E-state index is 13.1. The number of rotatable bonds is 3. The van der Waals surface area contributed by atoms with Crippen molar-refractivity contribution >= 4 is 45.6 Å². The number of fused-ring (bicyclic) bond motifs is 2. The van der Waals surface area contributed by atoms with Crippen molar-refractivity contribution in [2.75, 3.05) is 0 Å². The van der Waals surface area contributed by atoms with Gasteiger partial charge in [-0.05, 0) is 33.7 Å².